The summed E-state index contributed by atoms with van der Waals surface area (Å²) in [6, 6.07) is 3.16. The fraction of sp³-hybridized carbons (Fsp3) is 0.417. The SMILES string of the molecule is [N-]=[N+]=NCC1CC(=O)N(c2cc(C(F)(F)F)ccc2Br)C1. The van der Waals surface area contributed by atoms with Gasteiger partial charge in [0, 0.05) is 28.9 Å². The molecule has 21 heavy (non-hydrogen) atoms. The van der Waals surface area contributed by atoms with Crippen LogP contribution in [0.5, 0.6) is 0 Å². The maximum atomic E-state index is 12.8. The Hall–Kier alpha value is -1.73. The fourth-order valence-electron chi connectivity index (χ4n) is 2.18. The molecule has 1 aliphatic heterocycles. The predicted octanol–water partition coefficient (Wildman–Crippen LogP) is 4.13. The van der Waals surface area contributed by atoms with E-state index in [0.717, 1.165) is 12.1 Å². The van der Waals surface area contributed by atoms with E-state index in [2.05, 4.69) is 26.0 Å². The van der Waals surface area contributed by atoms with E-state index in [1.165, 1.54) is 11.0 Å². The van der Waals surface area contributed by atoms with Crippen molar-refractivity contribution in [3.63, 3.8) is 0 Å². The highest BCUT2D eigenvalue weighted by Crippen LogP contribution is 2.37. The van der Waals surface area contributed by atoms with E-state index in [1.807, 2.05) is 0 Å². The minimum absolute atomic E-state index is 0.148. The standard InChI is InChI=1S/C12H10BrF3N4O/c13-9-2-1-8(12(14,15)16)4-10(9)20-6-7(3-11(20)21)5-18-19-17/h1-2,4,7H,3,5-6H2. The van der Waals surface area contributed by atoms with Crippen LogP contribution in [0, 0.1) is 5.92 Å². The lowest BCUT2D eigenvalue weighted by molar-refractivity contribution is -0.137. The Morgan fingerprint density at radius 3 is 2.81 bits per heavy atom. The summed E-state index contributed by atoms with van der Waals surface area (Å²) >= 11 is 3.16. The van der Waals surface area contributed by atoms with E-state index in [-0.39, 0.29) is 37.0 Å². The lowest BCUT2D eigenvalue weighted by atomic mass is 10.1. The van der Waals surface area contributed by atoms with Crippen LogP contribution in [0.2, 0.25) is 0 Å². The minimum atomic E-state index is -4.47. The third kappa shape index (κ3) is 3.48. The van der Waals surface area contributed by atoms with Crippen LogP contribution in [0.3, 0.4) is 0 Å². The van der Waals surface area contributed by atoms with Crippen molar-refractivity contribution < 1.29 is 18.0 Å². The number of alkyl halides is 3. The Morgan fingerprint density at radius 2 is 2.19 bits per heavy atom. The normalized spacial score (nSPS) is 18.8. The molecule has 1 aromatic carbocycles. The van der Waals surface area contributed by atoms with Gasteiger partial charge in [-0.2, -0.15) is 13.2 Å². The molecule has 112 valence electrons. The molecule has 2 rings (SSSR count). The highest BCUT2D eigenvalue weighted by molar-refractivity contribution is 9.10. The first-order valence-corrected chi connectivity index (χ1v) is 6.80. The average Bonchev–Trinajstić information content (AvgIpc) is 2.76. The van der Waals surface area contributed by atoms with Crippen molar-refractivity contribution in [2.75, 3.05) is 18.0 Å². The number of hydrogen-bond donors (Lipinski definition) is 0. The van der Waals surface area contributed by atoms with Crippen LogP contribution < -0.4 is 4.90 Å². The molecular formula is C12H10BrF3N4O. The lowest BCUT2D eigenvalue weighted by Crippen LogP contribution is -2.25. The maximum Gasteiger partial charge on any atom is 0.416 e. The number of azide groups is 1. The van der Waals surface area contributed by atoms with Gasteiger partial charge in [0.2, 0.25) is 5.91 Å². The van der Waals surface area contributed by atoms with E-state index in [1.54, 1.807) is 0 Å². The van der Waals surface area contributed by atoms with Gasteiger partial charge in [-0.1, -0.05) is 5.11 Å². The van der Waals surface area contributed by atoms with Gasteiger partial charge in [-0.05, 0) is 45.6 Å². The summed E-state index contributed by atoms with van der Waals surface area (Å²) in [5.41, 5.74) is 7.64. The van der Waals surface area contributed by atoms with Crippen LogP contribution >= 0.6 is 15.9 Å². The fourth-order valence-corrected chi connectivity index (χ4v) is 2.65. The van der Waals surface area contributed by atoms with Crippen molar-refractivity contribution in [2.45, 2.75) is 12.6 Å². The van der Waals surface area contributed by atoms with E-state index < -0.39 is 11.7 Å². The average molecular weight is 363 g/mol. The molecule has 0 bridgehead atoms. The van der Waals surface area contributed by atoms with Crippen molar-refractivity contribution in [2.24, 2.45) is 11.0 Å². The predicted molar refractivity (Wildman–Crippen MR) is 73.6 cm³/mol. The molecule has 0 aromatic heterocycles. The van der Waals surface area contributed by atoms with Gasteiger partial charge < -0.3 is 4.90 Å². The number of carbonyl (C=O) groups is 1. The first-order valence-electron chi connectivity index (χ1n) is 6.01. The summed E-state index contributed by atoms with van der Waals surface area (Å²) in [5, 5.41) is 3.41. The number of amides is 1. The van der Waals surface area contributed by atoms with E-state index in [4.69, 9.17) is 5.53 Å². The topological polar surface area (TPSA) is 69.1 Å². The van der Waals surface area contributed by atoms with E-state index >= 15 is 0 Å². The van der Waals surface area contributed by atoms with Gasteiger partial charge in [-0.15, -0.1) is 0 Å². The monoisotopic (exact) mass is 362 g/mol. The summed E-state index contributed by atoms with van der Waals surface area (Å²) in [5.74, 6) is -0.469. The Morgan fingerprint density at radius 1 is 1.48 bits per heavy atom. The van der Waals surface area contributed by atoms with E-state index in [0.29, 0.717) is 4.47 Å². The molecule has 0 saturated carbocycles. The van der Waals surface area contributed by atoms with Crippen LogP contribution in [0.25, 0.3) is 10.4 Å². The smallest absolute Gasteiger partial charge is 0.311 e. The molecule has 9 heteroatoms. The molecule has 5 nitrogen and oxygen atoms in total. The summed E-state index contributed by atoms with van der Waals surface area (Å²) in [4.78, 5) is 15.9. The Bertz CT molecular complexity index is 613. The van der Waals surface area contributed by atoms with Crippen LogP contribution in [0.15, 0.2) is 27.8 Å². The Labute approximate surface area is 126 Å². The van der Waals surface area contributed by atoms with Gasteiger partial charge in [0.1, 0.15) is 0 Å². The van der Waals surface area contributed by atoms with Crippen molar-refractivity contribution in [3.05, 3.63) is 38.7 Å². The summed E-state index contributed by atoms with van der Waals surface area (Å²) < 4.78 is 38.7. The van der Waals surface area contributed by atoms with Crippen LogP contribution in [0.4, 0.5) is 18.9 Å². The van der Waals surface area contributed by atoms with E-state index in [9.17, 15) is 18.0 Å². The molecule has 1 fully saturated rings. The third-order valence-corrected chi connectivity index (χ3v) is 3.84. The molecule has 1 aliphatic rings. The quantitative estimate of drug-likeness (QED) is 0.452. The summed E-state index contributed by atoms with van der Waals surface area (Å²) in [6.07, 6.45) is -4.32. The van der Waals surface area contributed by atoms with Gasteiger partial charge in [-0.3, -0.25) is 4.79 Å². The number of rotatable bonds is 3. The second-order valence-corrected chi connectivity index (χ2v) is 5.51. The zero-order valence-corrected chi connectivity index (χ0v) is 12.2. The molecule has 0 radical (unpaired) electrons. The molecule has 1 aromatic rings. The zero-order valence-electron chi connectivity index (χ0n) is 10.6. The highest BCUT2D eigenvalue weighted by Gasteiger charge is 2.35. The van der Waals surface area contributed by atoms with Gasteiger partial charge in [0.25, 0.3) is 0 Å². The molecular weight excluding hydrogens is 353 g/mol. The number of hydrogen-bond acceptors (Lipinski definition) is 2. The molecule has 1 amide bonds. The maximum absolute atomic E-state index is 12.8. The van der Waals surface area contributed by atoms with Crippen molar-refractivity contribution in [1.29, 1.82) is 0 Å². The zero-order chi connectivity index (χ0) is 15.6. The number of nitrogens with zero attached hydrogens (tertiary/aromatic N) is 4. The first kappa shape index (κ1) is 15.7. The molecule has 1 saturated heterocycles. The highest BCUT2D eigenvalue weighted by atomic mass is 79.9. The Kier molecular flexibility index (Phi) is 4.43. The van der Waals surface area contributed by atoms with Crippen molar-refractivity contribution >= 4 is 27.5 Å². The molecule has 0 N–H and O–H groups in total. The first-order chi connectivity index (χ1) is 9.82. The molecule has 1 heterocycles. The van der Waals surface area contributed by atoms with Gasteiger partial charge >= 0.3 is 6.18 Å². The van der Waals surface area contributed by atoms with Crippen LogP contribution in [-0.2, 0) is 11.0 Å². The second kappa shape index (κ2) is 5.95. The van der Waals surface area contributed by atoms with Crippen molar-refractivity contribution in [1.82, 2.24) is 0 Å². The largest absolute Gasteiger partial charge is 0.416 e. The molecule has 1 atom stereocenters. The van der Waals surface area contributed by atoms with Crippen molar-refractivity contribution in [3.8, 4) is 0 Å². The van der Waals surface area contributed by atoms with Gasteiger partial charge in [0.05, 0.1) is 11.3 Å². The Balaban J connectivity index is 2.29. The van der Waals surface area contributed by atoms with Gasteiger partial charge in [-0.25, -0.2) is 0 Å². The van der Waals surface area contributed by atoms with Gasteiger partial charge in [0.15, 0.2) is 0 Å². The second-order valence-electron chi connectivity index (χ2n) is 4.65. The number of carbonyl (C=O) groups excluding carboxylic acids is 1. The number of halogens is 4. The number of benzene rings is 1. The lowest BCUT2D eigenvalue weighted by Gasteiger charge is -2.20. The molecule has 0 aliphatic carbocycles. The molecule has 0 spiro atoms. The number of anilines is 1. The third-order valence-electron chi connectivity index (χ3n) is 3.17. The van der Waals surface area contributed by atoms with Crippen LogP contribution in [0.1, 0.15) is 12.0 Å². The summed E-state index contributed by atoms with van der Waals surface area (Å²) in [7, 11) is 0. The molecule has 1 unspecified atom stereocenters. The summed E-state index contributed by atoms with van der Waals surface area (Å²) in [6.45, 7) is 0.382. The minimum Gasteiger partial charge on any atom is -0.311 e. The van der Waals surface area contributed by atoms with Crippen LogP contribution in [-0.4, -0.2) is 19.0 Å².